The van der Waals surface area contributed by atoms with Crippen LogP contribution in [0.2, 0.25) is 5.02 Å². The highest BCUT2D eigenvalue weighted by Gasteiger charge is 2.37. The molecule has 1 N–H and O–H groups in total. The predicted octanol–water partition coefficient (Wildman–Crippen LogP) is 6.67. The largest absolute Gasteiger partial charge is 0.496 e. The number of rotatable bonds is 7. The summed E-state index contributed by atoms with van der Waals surface area (Å²) in [7, 11) is 1.71. The highest BCUT2D eigenvalue weighted by Crippen LogP contribution is 2.36. The van der Waals surface area contributed by atoms with Crippen molar-refractivity contribution in [3.8, 4) is 5.75 Å². The van der Waals surface area contributed by atoms with Gasteiger partial charge in [0.15, 0.2) is 0 Å². The number of methoxy groups -OCH3 is 1. The van der Waals surface area contributed by atoms with E-state index in [-0.39, 0.29) is 23.5 Å². The van der Waals surface area contributed by atoms with Gasteiger partial charge in [-0.1, -0.05) is 87.0 Å². The quantitative estimate of drug-likeness (QED) is 0.402. The molecule has 1 amide bonds. The van der Waals surface area contributed by atoms with Crippen LogP contribution in [0.4, 0.5) is 0 Å². The minimum Gasteiger partial charge on any atom is -0.496 e. The summed E-state index contributed by atoms with van der Waals surface area (Å²) in [5.41, 5.74) is 4.56. The van der Waals surface area contributed by atoms with Crippen LogP contribution in [-0.2, 0) is 23.2 Å². The molecule has 5 heteroatoms. The standard InChI is InChI=1S/C30H35ClN2O2/c1-30(2,3)24-12-16-27(35-4)23(19-24)20-32-28-17-15-26(22-8-6-5-7-9-22)33(28)29(34)18-21-10-13-25(31)14-11-21/h5-14,16,19,26,28,32H,15,17-18,20H2,1-4H3. The van der Waals surface area contributed by atoms with Crippen molar-refractivity contribution in [2.75, 3.05) is 7.11 Å². The number of hydrogen-bond donors (Lipinski definition) is 1. The van der Waals surface area contributed by atoms with Gasteiger partial charge < -0.3 is 9.64 Å². The van der Waals surface area contributed by atoms with Crippen molar-refractivity contribution in [2.45, 2.75) is 64.2 Å². The molecule has 0 aromatic heterocycles. The Labute approximate surface area is 214 Å². The lowest BCUT2D eigenvalue weighted by Crippen LogP contribution is -2.46. The van der Waals surface area contributed by atoms with Crippen LogP contribution in [0.15, 0.2) is 72.8 Å². The monoisotopic (exact) mass is 490 g/mol. The number of hydrogen-bond acceptors (Lipinski definition) is 3. The fourth-order valence-electron chi connectivity index (χ4n) is 4.84. The Bertz CT molecular complexity index is 1140. The molecule has 0 aliphatic carbocycles. The predicted molar refractivity (Wildman–Crippen MR) is 143 cm³/mol. The van der Waals surface area contributed by atoms with Crippen LogP contribution >= 0.6 is 11.6 Å². The topological polar surface area (TPSA) is 41.6 Å². The second-order valence-corrected chi connectivity index (χ2v) is 10.7. The third-order valence-electron chi connectivity index (χ3n) is 6.80. The van der Waals surface area contributed by atoms with Crippen molar-refractivity contribution in [3.63, 3.8) is 0 Å². The van der Waals surface area contributed by atoms with Crippen molar-refractivity contribution < 1.29 is 9.53 Å². The van der Waals surface area contributed by atoms with E-state index < -0.39 is 0 Å². The van der Waals surface area contributed by atoms with Gasteiger partial charge in [0.05, 0.1) is 25.7 Å². The van der Waals surface area contributed by atoms with Gasteiger partial charge in [-0.15, -0.1) is 0 Å². The average molecular weight is 491 g/mol. The fourth-order valence-corrected chi connectivity index (χ4v) is 4.97. The van der Waals surface area contributed by atoms with Crippen LogP contribution in [0.25, 0.3) is 0 Å². The average Bonchev–Trinajstić information content (AvgIpc) is 3.28. The molecule has 3 aromatic rings. The van der Waals surface area contributed by atoms with E-state index in [1.807, 2.05) is 53.4 Å². The number of carbonyl (C=O) groups is 1. The van der Waals surface area contributed by atoms with E-state index in [0.29, 0.717) is 18.0 Å². The summed E-state index contributed by atoms with van der Waals surface area (Å²) in [5, 5.41) is 4.36. The molecule has 0 bridgehead atoms. The van der Waals surface area contributed by atoms with Gasteiger partial charge in [-0.3, -0.25) is 10.1 Å². The number of halogens is 1. The molecule has 4 rings (SSSR count). The molecule has 1 fully saturated rings. The first-order chi connectivity index (χ1) is 16.8. The maximum Gasteiger partial charge on any atom is 0.228 e. The first-order valence-corrected chi connectivity index (χ1v) is 12.7. The zero-order chi connectivity index (χ0) is 25.0. The maximum atomic E-state index is 13.6. The molecule has 2 atom stereocenters. The molecular weight excluding hydrogens is 456 g/mol. The molecule has 1 heterocycles. The minimum absolute atomic E-state index is 0.0490. The number of benzene rings is 3. The van der Waals surface area contributed by atoms with Gasteiger partial charge in [-0.2, -0.15) is 0 Å². The van der Waals surface area contributed by atoms with Crippen LogP contribution < -0.4 is 10.1 Å². The molecule has 4 nitrogen and oxygen atoms in total. The zero-order valence-corrected chi connectivity index (χ0v) is 21.8. The molecule has 184 valence electrons. The Morgan fingerprint density at radius 1 is 1.03 bits per heavy atom. The summed E-state index contributed by atoms with van der Waals surface area (Å²) in [6.07, 6.45) is 2.12. The van der Waals surface area contributed by atoms with E-state index in [2.05, 4.69) is 50.4 Å². The molecule has 0 spiro atoms. The van der Waals surface area contributed by atoms with E-state index in [1.54, 1.807) is 7.11 Å². The van der Waals surface area contributed by atoms with Crippen LogP contribution in [0.5, 0.6) is 5.75 Å². The Balaban J connectivity index is 1.57. The van der Waals surface area contributed by atoms with E-state index in [9.17, 15) is 4.79 Å². The lowest BCUT2D eigenvalue weighted by Gasteiger charge is -2.32. The first-order valence-electron chi connectivity index (χ1n) is 12.3. The highest BCUT2D eigenvalue weighted by atomic mass is 35.5. The SMILES string of the molecule is COc1ccc(C(C)(C)C)cc1CNC1CCC(c2ccccc2)N1C(=O)Cc1ccc(Cl)cc1. The van der Waals surface area contributed by atoms with Gasteiger partial charge >= 0.3 is 0 Å². The van der Waals surface area contributed by atoms with E-state index in [1.165, 1.54) is 11.1 Å². The second-order valence-electron chi connectivity index (χ2n) is 10.3. The van der Waals surface area contributed by atoms with E-state index >= 15 is 0 Å². The molecule has 1 aliphatic heterocycles. The van der Waals surface area contributed by atoms with Crippen LogP contribution in [0.1, 0.15) is 61.9 Å². The molecular formula is C30H35ClN2O2. The lowest BCUT2D eigenvalue weighted by molar-refractivity contribution is -0.134. The van der Waals surface area contributed by atoms with Crippen LogP contribution in [-0.4, -0.2) is 24.1 Å². The molecule has 3 aromatic carbocycles. The molecule has 1 saturated heterocycles. The van der Waals surface area contributed by atoms with E-state index in [0.717, 1.165) is 29.7 Å². The Hall–Kier alpha value is -2.82. The fraction of sp³-hybridized carbons (Fsp3) is 0.367. The molecule has 0 radical (unpaired) electrons. The van der Waals surface area contributed by atoms with E-state index in [4.69, 9.17) is 16.3 Å². The normalized spacial score (nSPS) is 18.0. The number of likely N-dealkylation sites (tertiary alicyclic amines) is 1. The summed E-state index contributed by atoms with van der Waals surface area (Å²) < 4.78 is 5.65. The van der Waals surface area contributed by atoms with Crippen molar-refractivity contribution >= 4 is 17.5 Å². The molecule has 0 saturated carbocycles. The van der Waals surface area contributed by atoms with Crippen molar-refractivity contribution in [3.05, 3.63) is 100 Å². The van der Waals surface area contributed by atoms with Gasteiger partial charge in [-0.25, -0.2) is 0 Å². The summed E-state index contributed by atoms with van der Waals surface area (Å²) in [6, 6.07) is 24.3. The Morgan fingerprint density at radius 3 is 2.40 bits per heavy atom. The minimum atomic E-state index is -0.0528. The summed E-state index contributed by atoms with van der Waals surface area (Å²) in [6.45, 7) is 7.27. The molecule has 2 unspecified atom stereocenters. The number of carbonyl (C=O) groups excluding carboxylic acids is 1. The maximum absolute atomic E-state index is 13.6. The second kappa shape index (κ2) is 10.8. The van der Waals surface area contributed by atoms with Crippen LogP contribution in [0.3, 0.4) is 0 Å². The lowest BCUT2D eigenvalue weighted by atomic mass is 9.86. The first kappa shape index (κ1) is 25.3. The summed E-state index contributed by atoms with van der Waals surface area (Å²) in [4.78, 5) is 15.7. The van der Waals surface area contributed by atoms with Gasteiger partial charge in [-0.05, 0) is 53.1 Å². The summed E-state index contributed by atoms with van der Waals surface area (Å²) >= 11 is 6.05. The molecule has 1 aliphatic rings. The van der Waals surface area contributed by atoms with Crippen LogP contribution in [0, 0.1) is 0 Å². The zero-order valence-electron chi connectivity index (χ0n) is 21.1. The van der Waals surface area contributed by atoms with Gasteiger partial charge in [0.25, 0.3) is 0 Å². The summed E-state index contributed by atoms with van der Waals surface area (Å²) in [5.74, 6) is 0.980. The number of nitrogens with zero attached hydrogens (tertiary/aromatic N) is 1. The number of nitrogens with one attached hydrogen (secondary N) is 1. The van der Waals surface area contributed by atoms with Crippen molar-refractivity contribution in [1.82, 2.24) is 10.2 Å². The number of amides is 1. The third kappa shape index (κ3) is 6.06. The smallest absolute Gasteiger partial charge is 0.228 e. The third-order valence-corrected chi connectivity index (χ3v) is 7.05. The number of ether oxygens (including phenoxy) is 1. The Kier molecular flexibility index (Phi) is 7.83. The van der Waals surface area contributed by atoms with Gasteiger partial charge in [0, 0.05) is 17.1 Å². The Morgan fingerprint density at radius 2 is 1.74 bits per heavy atom. The van der Waals surface area contributed by atoms with Gasteiger partial charge in [0.2, 0.25) is 5.91 Å². The van der Waals surface area contributed by atoms with Crippen molar-refractivity contribution in [1.29, 1.82) is 0 Å². The highest BCUT2D eigenvalue weighted by molar-refractivity contribution is 6.30. The van der Waals surface area contributed by atoms with Crippen molar-refractivity contribution in [2.24, 2.45) is 0 Å². The molecule has 35 heavy (non-hydrogen) atoms. The van der Waals surface area contributed by atoms with Gasteiger partial charge in [0.1, 0.15) is 5.75 Å².